The number of hydrogen-bond acceptors (Lipinski definition) is 2. The van der Waals surface area contributed by atoms with E-state index in [-0.39, 0.29) is 11.9 Å². The molecule has 1 unspecified atom stereocenters. The van der Waals surface area contributed by atoms with Gasteiger partial charge in [-0.1, -0.05) is 31.2 Å². The van der Waals surface area contributed by atoms with E-state index >= 15 is 0 Å². The van der Waals surface area contributed by atoms with E-state index < -0.39 is 0 Å². The molecule has 0 radical (unpaired) electrons. The second kappa shape index (κ2) is 5.35. The first-order chi connectivity index (χ1) is 9.67. The molecule has 0 aliphatic rings. The normalized spacial score (nSPS) is 12.8. The van der Waals surface area contributed by atoms with Crippen molar-refractivity contribution in [2.45, 2.75) is 19.4 Å². The van der Waals surface area contributed by atoms with E-state index in [4.69, 9.17) is 5.73 Å². The third-order valence-corrected chi connectivity index (χ3v) is 4.75. The van der Waals surface area contributed by atoms with Crippen LogP contribution in [0.15, 0.2) is 48.5 Å². The van der Waals surface area contributed by atoms with Crippen LogP contribution in [0, 0.1) is 5.82 Å². The van der Waals surface area contributed by atoms with E-state index in [0.29, 0.717) is 0 Å². The lowest BCUT2D eigenvalue weighted by molar-refractivity contribution is 0.630. The van der Waals surface area contributed by atoms with Gasteiger partial charge in [-0.25, -0.2) is 4.39 Å². The Kier molecular flexibility index (Phi) is 3.55. The maximum Gasteiger partial charge on any atom is 0.123 e. The summed E-state index contributed by atoms with van der Waals surface area (Å²) in [5.41, 5.74) is 8.72. The van der Waals surface area contributed by atoms with Gasteiger partial charge in [0.15, 0.2) is 0 Å². The van der Waals surface area contributed by atoms with E-state index in [1.165, 1.54) is 11.6 Å². The molecule has 102 valence electrons. The SMILES string of the molecule is CCc1ccc(C(N)c2cc3cc(F)ccc3s2)cc1. The van der Waals surface area contributed by atoms with Crippen LogP contribution in [0.5, 0.6) is 0 Å². The second-order valence-electron chi connectivity index (χ2n) is 4.90. The predicted molar refractivity (Wildman–Crippen MR) is 83.6 cm³/mol. The lowest BCUT2D eigenvalue weighted by Gasteiger charge is -2.10. The molecule has 1 atom stereocenters. The zero-order chi connectivity index (χ0) is 14.1. The highest BCUT2D eigenvalue weighted by Crippen LogP contribution is 2.32. The average Bonchev–Trinajstić information content (AvgIpc) is 2.89. The average molecular weight is 285 g/mol. The number of aryl methyl sites for hydroxylation is 1. The molecule has 0 saturated heterocycles. The van der Waals surface area contributed by atoms with Crippen molar-refractivity contribution in [2.24, 2.45) is 5.73 Å². The van der Waals surface area contributed by atoms with Crippen LogP contribution < -0.4 is 5.73 Å². The topological polar surface area (TPSA) is 26.0 Å². The summed E-state index contributed by atoms with van der Waals surface area (Å²) in [5, 5.41) is 0.922. The van der Waals surface area contributed by atoms with Gasteiger partial charge < -0.3 is 5.73 Å². The smallest absolute Gasteiger partial charge is 0.123 e. The summed E-state index contributed by atoms with van der Waals surface area (Å²) in [6.45, 7) is 2.13. The third kappa shape index (κ3) is 2.47. The van der Waals surface area contributed by atoms with Crippen molar-refractivity contribution >= 4 is 21.4 Å². The zero-order valence-electron chi connectivity index (χ0n) is 11.3. The second-order valence-corrected chi connectivity index (χ2v) is 6.02. The molecule has 3 aromatic rings. The standard InChI is InChI=1S/C17H16FNS/c1-2-11-3-5-12(6-4-11)17(19)16-10-13-9-14(18)7-8-15(13)20-16/h3-10,17H,2,19H2,1H3. The lowest BCUT2D eigenvalue weighted by Crippen LogP contribution is -2.09. The number of hydrogen-bond donors (Lipinski definition) is 1. The van der Waals surface area contributed by atoms with Gasteiger partial charge in [-0.2, -0.15) is 0 Å². The molecule has 3 rings (SSSR count). The molecule has 1 aromatic heterocycles. The summed E-state index contributed by atoms with van der Waals surface area (Å²) in [7, 11) is 0. The van der Waals surface area contributed by atoms with Crippen LogP contribution in [-0.4, -0.2) is 0 Å². The van der Waals surface area contributed by atoms with E-state index in [9.17, 15) is 4.39 Å². The predicted octanol–water partition coefficient (Wildman–Crippen LogP) is 4.65. The quantitative estimate of drug-likeness (QED) is 0.744. The maximum atomic E-state index is 13.2. The molecule has 1 nitrogen and oxygen atoms in total. The highest BCUT2D eigenvalue weighted by molar-refractivity contribution is 7.19. The summed E-state index contributed by atoms with van der Waals surface area (Å²) in [6, 6.07) is 15.1. The number of nitrogens with two attached hydrogens (primary N) is 1. The van der Waals surface area contributed by atoms with Crippen LogP contribution in [0.25, 0.3) is 10.1 Å². The van der Waals surface area contributed by atoms with Gasteiger partial charge in [0.2, 0.25) is 0 Å². The van der Waals surface area contributed by atoms with Crippen molar-refractivity contribution in [3.05, 3.63) is 70.4 Å². The number of benzene rings is 2. The molecule has 2 aromatic carbocycles. The van der Waals surface area contributed by atoms with Gasteiger partial charge in [-0.05, 0) is 47.2 Å². The van der Waals surface area contributed by atoms with Crippen molar-refractivity contribution in [3.63, 3.8) is 0 Å². The molecule has 0 amide bonds. The van der Waals surface area contributed by atoms with Crippen molar-refractivity contribution in [2.75, 3.05) is 0 Å². The van der Waals surface area contributed by atoms with Crippen LogP contribution in [0.4, 0.5) is 4.39 Å². The number of thiophene rings is 1. The Morgan fingerprint density at radius 2 is 1.85 bits per heavy atom. The first-order valence-corrected chi connectivity index (χ1v) is 7.52. The van der Waals surface area contributed by atoms with E-state index in [1.54, 1.807) is 17.4 Å². The summed E-state index contributed by atoms with van der Waals surface area (Å²) in [5.74, 6) is -0.206. The van der Waals surface area contributed by atoms with E-state index in [0.717, 1.165) is 26.9 Å². The Bertz CT molecular complexity index is 730. The minimum Gasteiger partial charge on any atom is -0.320 e. The summed E-state index contributed by atoms with van der Waals surface area (Å²) in [4.78, 5) is 1.06. The van der Waals surface area contributed by atoms with Crippen molar-refractivity contribution in [3.8, 4) is 0 Å². The van der Waals surface area contributed by atoms with E-state index in [2.05, 4.69) is 31.2 Å². The Morgan fingerprint density at radius 1 is 1.10 bits per heavy atom. The molecule has 20 heavy (non-hydrogen) atoms. The highest BCUT2D eigenvalue weighted by atomic mass is 32.1. The van der Waals surface area contributed by atoms with Crippen LogP contribution in [-0.2, 0) is 6.42 Å². The van der Waals surface area contributed by atoms with Gasteiger partial charge in [-0.3, -0.25) is 0 Å². The Morgan fingerprint density at radius 3 is 2.55 bits per heavy atom. The number of rotatable bonds is 3. The Labute approximate surface area is 121 Å². The fourth-order valence-electron chi connectivity index (χ4n) is 2.31. The van der Waals surface area contributed by atoms with Crippen molar-refractivity contribution in [1.29, 1.82) is 0 Å². The van der Waals surface area contributed by atoms with Crippen LogP contribution >= 0.6 is 11.3 Å². The molecule has 1 heterocycles. The van der Waals surface area contributed by atoms with Crippen molar-refractivity contribution < 1.29 is 4.39 Å². The van der Waals surface area contributed by atoms with Crippen LogP contribution in [0.3, 0.4) is 0 Å². The van der Waals surface area contributed by atoms with Gasteiger partial charge >= 0.3 is 0 Å². The molecule has 0 saturated carbocycles. The van der Waals surface area contributed by atoms with Crippen molar-refractivity contribution in [1.82, 2.24) is 0 Å². The molecule has 0 aliphatic carbocycles. The molecular formula is C17H16FNS. The fourth-order valence-corrected chi connectivity index (χ4v) is 3.39. The summed E-state index contributed by atoms with van der Waals surface area (Å²) < 4.78 is 14.3. The minimum atomic E-state index is -0.206. The fraction of sp³-hybridized carbons (Fsp3) is 0.176. The third-order valence-electron chi connectivity index (χ3n) is 3.55. The van der Waals surface area contributed by atoms with Gasteiger partial charge in [0.25, 0.3) is 0 Å². The molecule has 2 N–H and O–H groups in total. The zero-order valence-corrected chi connectivity index (χ0v) is 12.1. The molecule has 0 spiro atoms. The molecule has 0 bridgehead atoms. The lowest BCUT2D eigenvalue weighted by atomic mass is 10.0. The maximum absolute atomic E-state index is 13.2. The van der Waals surface area contributed by atoms with Gasteiger partial charge in [0.05, 0.1) is 6.04 Å². The molecule has 0 aliphatic heterocycles. The monoisotopic (exact) mass is 285 g/mol. The highest BCUT2D eigenvalue weighted by Gasteiger charge is 2.12. The first kappa shape index (κ1) is 13.3. The Hall–Kier alpha value is -1.71. The summed E-state index contributed by atoms with van der Waals surface area (Å²) in [6.07, 6.45) is 1.03. The van der Waals surface area contributed by atoms with Crippen LogP contribution in [0.1, 0.15) is 29.0 Å². The Balaban J connectivity index is 1.96. The minimum absolute atomic E-state index is 0.152. The number of fused-ring (bicyclic) bond motifs is 1. The molecule has 3 heteroatoms. The van der Waals surface area contributed by atoms with Crippen LogP contribution in [0.2, 0.25) is 0 Å². The molecule has 0 fully saturated rings. The summed E-state index contributed by atoms with van der Waals surface area (Å²) >= 11 is 1.63. The van der Waals surface area contributed by atoms with Gasteiger partial charge in [0.1, 0.15) is 5.82 Å². The van der Waals surface area contributed by atoms with E-state index in [1.807, 2.05) is 12.1 Å². The first-order valence-electron chi connectivity index (χ1n) is 6.71. The van der Waals surface area contributed by atoms with Gasteiger partial charge in [0, 0.05) is 9.58 Å². The molecular weight excluding hydrogens is 269 g/mol. The van der Waals surface area contributed by atoms with Gasteiger partial charge in [-0.15, -0.1) is 11.3 Å². The largest absolute Gasteiger partial charge is 0.320 e. The number of halogens is 1.